The predicted molar refractivity (Wildman–Crippen MR) is 101 cm³/mol. The van der Waals surface area contributed by atoms with Gasteiger partial charge in [0.1, 0.15) is 11.4 Å². The summed E-state index contributed by atoms with van der Waals surface area (Å²) in [7, 11) is 0.500. The fourth-order valence-corrected chi connectivity index (χ4v) is 4.60. The van der Waals surface area contributed by atoms with Crippen LogP contribution in [0.1, 0.15) is 12.0 Å². The maximum absolute atomic E-state index is 14.8. The summed E-state index contributed by atoms with van der Waals surface area (Å²) >= 11 is 1.49. The van der Waals surface area contributed by atoms with Crippen LogP contribution in [0.3, 0.4) is 0 Å². The Kier molecular flexibility index (Phi) is 6.06. The lowest BCUT2D eigenvalue weighted by atomic mass is 9.76. The van der Waals surface area contributed by atoms with E-state index in [2.05, 4.69) is 9.98 Å². The lowest BCUT2D eigenvalue weighted by Crippen LogP contribution is -2.48. The highest BCUT2D eigenvalue weighted by molar-refractivity contribution is 8.13. The molecule has 1 fully saturated rings. The van der Waals surface area contributed by atoms with Crippen LogP contribution >= 0.6 is 11.8 Å². The van der Waals surface area contributed by atoms with Gasteiger partial charge in [0.2, 0.25) is 5.95 Å². The number of thioether (sulfide) groups is 1. The van der Waals surface area contributed by atoms with Gasteiger partial charge in [-0.1, -0.05) is 17.8 Å². The number of halogens is 3. The monoisotopic (exact) mass is 395 g/mol. The fraction of sp³-hybridized carbons (Fsp3) is 0.368. The molecule has 0 saturated carbocycles. The van der Waals surface area contributed by atoms with Crippen LogP contribution in [0.4, 0.5) is 13.2 Å². The number of rotatable bonds is 2. The van der Waals surface area contributed by atoms with Crippen LogP contribution in [0.15, 0.2) is 41.5 Å². The van der Waals surface area contributed by atoms with Gasteiger partial charge >= 0.3 is 0 Å². The number of alkyl halides is 1. The number of fused-ring (bicyclic) bond motifs is 1. The van der Waals surface area contributed by atoms with Crippen molar-refractivity contribution in [3.8, 4) is 11.1 Å². The SMILES string of the molecule is CF.NC1=NC2(c3cc(-c4cccnc4F)ccc3F)COCCC2CS1. The van der Waals surface area contributed by atoms with E-state index in [-0.39, 0.29) is 18.3 Å². The smallest absolute Gasteiger partial charge is 0.220 e. The minimum Gasteiger partial charge on any atom is -0.379 e. The second kappa shape index (κ2) is 8.31. The molecule has 2 aromatic rings. The van der Waals surface area contributed by atoms with E-state index in [1.165, 1.54) is 24.0 Å². The van der Waals surface area contributed by atoms with Gasteiger partial charge < -0.3 is 10.5 Å². The van der Waals surface area contributed by atoms with Gasteiger partial charge in [0.15, 0.2) is 5.17 Å². The molecule has 2 unspecified atom stereocenters. The van der Waals surface area contributed by atoms with Gasteiger partial charge in [0.05, 0.1) is 13.8 Å². The second-order valence-corrected chi connectivity index (χ2v) is 7.30. The van der Waals surface area contributed by atoms with Crippen molar-refractivity contribution in [3.05, 3.63) is 53.9 Å². The zero-order valence-electron chi connectivity index (χ0n) is 14.8. The van der Waals surface area contributed by atoms with Gasteiger partial charge in [0, 0.05) is 35.6 Å². The number of hydrogen-bond acceptors (Lipinski definition) is 5. The maximum atomic E-state index is 14.8. The number of ether oxygens (including phenoxy) is 1. The number of pyridine rings is 1. The summed E-state index contributed by atoms with van der Waals surface area (Å²) in [5, 5.41) is 0.430. The zero-order chi connectivity index (χ0) is 19.4. The normalized spacial score (nSPS) is 24.3. The highest BCUT2D eigenvalue weighted by Gasteiger charge is 2.47. The molecule has 3 heterocycles. The number of benzene rings is 1. The summed E-state index contributed by atoms with van der Waals surface area (Å²) in [5.41, 5.74) is 6.39. The first-order chi connectivity index (χ1) is 13.1. The minimum absolute atomic E-state index is 0.127. The van der Waals surface area contributed by atoms with Gasteiger partial charge in [0.25, 0.3) is 0 Å². The molecule has 2 aliphatic heterocycles. The molecule has 0 radical (unpaired) electrons. The van der Waals surface area contributed by atoms with Crippen LogP contribution in [0, 0.1) is 17.7 Å². The predicted octanol–water partition coefficient (Wildman–Crippen LogP) is 3.91. The molecule has 0 bridgehead atoms. The molecule has 0 amide bonds. The average molecular weight is 395 g/mol. The third kappa shape index (κ3) is 3.68. The van der Waals surface area contributed by atoms with Crippen molar-refractivity contribution >= 4 is 16.9 Å². The molecule has 4 nitrogen and oxygen atoms in total. The highest BCUT2D eigenvalue weighted by atomic mass is 32.2. The second-order valence-electron chi connectivity index (χ2n) is 6.26. The number of aliphatic imine (C=N–C) groups is 1. The highest BCUT2D eigenvalue weighted by Crippen LogP contribution is 2.46. The fourth-order valence-electron chi connectivity index (χ4n) is 3.55. The molecule has 4 rings (SSSR count). The van der Waals surface area contributed by atoms with Crippen molar-refractivity contribution in [1.82, 2.24) is 4.98 Å². The lowest BCUT2D eigenvalue weighted by Gasteiger charge is -2.43. The molecule has 1 saturated heterocycles. The van der Waals surface area contributed by atoms with Crippen LogP contribution in [-0.2, 0) is 10.3 Å². The summed E-state index contributed by atoms with van der Waals surface area (Å²) in [5.74, 6) is -0.0749. The first kappa shape index (κ1) is 19.7. The Hall–Kier alpha value is -2.06. The van der Waals surface area contributed by atoms with Crippen molar-refractivity contribution in [2.45, 2.75) is 12.0 Å². The van der Waals surface area contributed by atoms with Crippen LogP contribution < -0.4 is 5.73 Å². The van der Waals surface area contributed by atoms with Crippen LogP contribution in [0.5, 0.6) is 0 Å². The Morgan fingerprint density at radius 2 is 2.07 bits per heavy atom. The van der Waals surface area contributed by atoms with Gasteiger partial charge in [-0.05, 0) is 36.2 Å². The van der Waals surface area contributed by atoms with Gasteiger partial charge in [-0.3, -0.25) is 4.39 Å². The molecule has 1 aromatic heterocycles. The van der Waals surface area contributed by atoms with E-state index in [1.807, 2.05) is 0 Å². The van der Waals surface area contributed by atoms with Gasteiger partial charge in [-0.15, -0.1) is 0 Å². The number of hydrogen-bond donors (Lipinski definition) is 1. The van der Waals surface area contributed by atoms with Crippen LogP contribution in [0.25, 0.3) is 11.1 Å². The summed E-state index contributed by atoms with van der Waals surface area (Å²) in [4.78, 5) is 8.28. The zero-order valence-corrected chi connectivity index (χ0v) is 15.6. The average Bonchev–Trinajstić information content (AvgIpc) is 2.70. The lowest BCUT2D eigenvalue weighted by molar-refractivity contribution is 0.00303. The van der Waals surface area contributed by atoms with Crippen molar-refractivity contribution in [2.75, 3.05) is 26.1 Å². The first-order valence-electron chi connectivity index (χ1n) is 8.45. The molecule has 2 N–H and O–H groups in total. The largest absolute Gasteiger partial charge is 0.379 e. The van der Waals surface area contributed by atoms with E-state index >= 15 is 0 Å². The first-order valence-corrected chi connectivity index (χ1v) is 9.43. The molecule has 8 heteroatoms. The van der Waals surface area contributed by atoms with E-state index in [1.54, 1.807) is 24.3 Å². The van der Waals surface area contributed by atoms with Crippen LogP contribution in [-0.4, -0.2) is 36.3 Å². The molecule has 2 atom stereocenters. The Balaban J connectivity index is 0.00000102. The van der Waals surface area contributed by atoms with Crippen molar-refractivity contribution in [1.29, 1.82) is 0 Å². The molecule has 2 aliphatic rings. The number of nitrogens with two attached hydrogens (primary N) is 1. The number of aromatic nitrogens is 1. The van der Waals surface area contributed by atoms with E-state index in [9.17, 15) is 13.2 Å². The third-order valence-electron chi connectivity index (χ3n) is 4.85. The quantitative estimate of drug-likeness (QED) is 0.784. The topological polar surface area (TPSA) is 60.5 Å². The van der Waals surface area contributed by atoms with Crippen molar-refractivity contribution in [3.63, 3.8) is 0 Å². The minimum atomic E-state index is -0.855. The van der Waals surface area contributed by atoms with Crippen molar-refractivity contribution in [2.24, 2.45) is 16.6 Å². The van der Waals surface area contributed by atoms with Gasteiger partial charge in [-0.2, -0.15) is 4.39 Å². The molecule has 0 spiro atoms. The molecule has 27 heavy (non-hydrogen) atoms. The summed E-state index contributed by atoms with van der Waals surface area (Å²) in [6, 6.07) is 7.84. The molecular weight excluding hydrogens is 375 g/mol. The van der Waals surface area contributed by atoms with Crippen LogP contribution in [0.2, 0.25) is 0 Å². The third-order valence-corrected chi connectivity index (χ3v) is 5.81. The summed E-state index contributed by atoms with van der Waals surface area (Å²) in [6.45, 7) is 0.899. The molecule has 144 valence electrons. The Bertz CT molecular complexity index is 849. The Labute approximate surface area is 160 Å². The Morgan fingerprint density at radius 1 is 1.26 bits per heavy atom. The summed E-state index contributed by atoms with van der Waals surface area (Å²) < 4.78 is 44.0. The summed E-state index contributed by atoms with van der Waals surface area (Å²) in [6.07, 6.45) is 2.17. The number of amidine groups is 1. The molecule has 0 aliphatic carbocycles. The number of nitrogens with zero attached hydrogens (tertiary/aromatic N) is 2. The maximum Gasteiger partial charge on any atom is 0.220 e. The standard InChI is InChI=1S/C18H17F2N3OS.CH3F/c19-15-4-3-11(13-2-1-6-22-16(13)20)8-14(15)18-10-24-7-5-12(18)9-25-17(21)23-18;1-2/h1-4,6,8,12H,5,7,9-10H2,(H2,21,23);1H3. The van der Waals surface area contributed by atoms with E-state index < -0.39 is 11.5 Å². The molecular formula is C19H20F3N3OS. The van der Waals surface area contributed by atoms with Gasteiger partial charge in [-0.25, -0.2) is 14.4 Å². The van der Waals surface area contributed by atoms with E-state index in [0.29, 0.717) is 35.6 Å². The van der Waals surface area contributed by atoms with E-state index in [0.717, 1.165) is 12.2 Å². The van der Waals surface area contributed by atoms with E-state index in [4.69, 9.17) is 10.5 Å². The van der Waals surface area contributed by atoms with Crippen molar-refractivity contribution < 1.29 is 17.9 Å². The Morgan fingerprint density at radius 3 is 2.85 bits per heavy atom. The molecule has 1 aromatic carbocycles.